The molecular weight excluding hydrogens is 184 g/mol. The van der Waals surface area contributed by atoms with Gasteiger partial charge in [0.25, 0.3) is 0 Å². The molecule has 0 aromatic carbocycles. The minimum atomic E-state index is -0.745. The van der Waals surface area contributed by atoms with Crippen molar-refractivity contribution in [2.75, 3.05) is 6.61 Å². The Hall–Kier alpha value is -1.32. The topological polar surface area (TPSA) is 63.6 Å². The fraction of sp³-hybridized carbons (Fsp3) is 0.600. The second-order valence-electron chi connectivity index (χ2n) is 2.42. The van der Waals surface area contributed by atoms with Crippen molar-refractivity contribution in [3.8, 4) is 0 Å². The van der Waals surface area contributed by atoms with Crippen molar-refractivity contribution in [1.29, 1.82) is 0 Å². The first-order valence-corrected chi connectivity index (χ1v) is 4.56. The molecule has 0 aliphatic rings. The Labute approximate surface area is 84.6 Å². The number of carbonyl (C=O) groups excluding carboxylic acids is 1. The molecule has 0 saturated carbocycles. The predicted octanol–water partition coefficient (Wildman–Crippen LogP) is 2.00. The number of carbonyl (C=O) groups is 2. The van der Waals surface area contributed by atoms with Crippen LogP contribution in [0.3, 0.4) is 0 Å². The largest absolute Gasteiger partial charge is 0.481 e. The van der Waals surface area contributed by atoms with E-state index in [1.165, 1.54) is 0 Å². The molecule has 0 aromatic rings. The van der Waals surface area contributed by atoms with Gasteiger partial charge >= 0.3 is 11.9 Å². The van der Waals surface area contributed by atoms with Gasteiger partial charge in [-0.05, 0) is 13.3 Å². The number of rotatable bonds is 4. The summed E-state index contributed by atoms with van der Waals surface area (Å²) in [7, 11) is 0. The van der Waals surface area contributed by atoms with Crippen LogP contribution in [0.4, 0.5) is 0 Å². The van der Waals surface area contributed by atoms with Gasteiger partial charge in [0.2, 0.25) is 0 Å². The van der Waals surface area contributed by atoms with Crippen molar-refractivity contribution in [2.24, 2.45) is 0 Å². The third-order valence-corrected chi connectivity index (χ3v) is 1.29. The summed E-state index contributed by atoms with van der Waals surface area (Å²) in [6.07, 6.45) is 0.888. The van der Waals surface area contributed by atoms with Gasteiger partial charge in [0, 0.05) is 12.0 Å². The normalized spacial score (nSPS) is 8.21. The van der Waals surface area contributed by atoms with Crippen LogP contribution in [0.2, 0.25) is 0 Å². The lowest BCUT2D eigenvalue weighted by molar-refractivity contribution is -0.139. The lowest BCUT2D eigenvalue weighted by Gasteiger charge is -1.99. The summed E-state index contributed by atoms with van der Waals surface area (Å²) < 4.78 is 4.66. The van der Waals surface area contributed by atoms with Gasteiger partial charge in [0.05, 0.1) is 6.61 Å². The molecule has 0 radical (unpaired) electrons. The van der Waals surface area contributed by atoms with Crippen LogP contribution in [0.1, 0.15) is 33.6 Å². The van der Waals surface area contributed by atoms with Gasteiger partial charge in [-0.25, -0.2) is 4.79 Å². The zero-order valence-corrected chi connectivity index (χ0v) is 9.00. The van der Waals surface area contributed by atoms with E-state index in [0.717, 1.165) is 0 Å². The third-order valence-electron chi connectivity index (χ3n) is 1.29. The number of hydrogen-bond acceptors (Lipinski definition) is 3. The van der Waals surface area contributed by atoms with E-state index in [0.29, 0.717) is 18.6 Å². The highest BCUT2D eigenvalue weighted by molar-refractivity contribution is 5.87. The van der Waals surface area contributed by atoms with Crippen LogP contribution in [-0.2, 0) is 14.3 Å². The first-order valence-electron chi connectivity index (χ1n) is 4.56. The molecule has 0 atom stereocenters. The van der Waals surface area contributed by atoms with E-state index in [1.807, 2.05) is 6.92 Å². The van der Waals surface area contributed by atoms with E-state index in [9.17, 15) is 9.59 Å². The molecule has 82 valence electrons. The maximum Gasteiger partial charge on any atom is 0.333 e. The lowest BCUT2D eigenvalue weighted by Crippen LogP contribution is -2.05. The Kier molecular flexibility index (Phi) is 10.6. The molecule has 14 heavy (non-hydrogen) atoms. The van der Waals surface area contributed by atoms with Gasteiger partial charge in [-0.3, -0.25) is 4.79 Å². The fourth-order valence-electron chi connectivity index (χ4n) is 0.377. The molecule has 0 unspecified atom stereocenters. The molecule has 0 saturated heterocycles. The monoisotopic (exact) mass is 202 g/mol. The molecule has 0 aliphatic heterocycles. The van der Waals surface area contributed by atoms with Crippen LogP contribution in [0.25, 0.3) is 0 Å². The number of esters is 1. The molecule has 0 aliphatic carbocycles. The number of carboxylic acids is 1. The van der Waals surface area contributed by atoms with E-state index in [-0.39, 0.29) is 12.4 Å². The zero-order valence-electron chi connectivity index (χ0n) is 9.00. The molecule has 0 amide bonds. The van der Waals surface area contributed by atoms with Crippen LogP contribution < -0.4 is 0 Å². The van der Waals surface area contributed by atoms with E-state index in [1.54, 1.807) is 13.8 Å². The zero-order chi connectivity index (χ0) is 11.6. The summed E-state index contributed by atoms with van der Waals surface area (Å²) >= 11 is 0. The van der Waals surface area contributed by atoms with Crippen molar-refractivity contribution >= 4 is 11.9 Å². The van der Waals surface area contributed by atoms with Crippen LogP contribution in [0.5, 0.6) is 0 Å². The summed E-state index contributed by atoms with van der Waals surface area (Å²) in [6, 6.07) is 0. The summed E-state index contributed by atoms with van der Waals surface area (Å²) in [4.78, 5) is 20.0. The van der Waals surface area contributed by atoms with Crippen LogP contribution in [-0.4, -0.2) is 23.7 Å². The molecule has 4 nitrogen and oxygen atoms in total. The van der Waals surface area contributed by atoms with Crippen LogP contribution in [0.15, 0.2) is 12.2 Å². The van der Waals surface area contributed by atoms with Crippen LogP contribution in [0, 0.1) is 0 Å². The maximum absolute atomic E-state index is 10.7. The highest BCUT2D eigenvalue weighted by Crippen LogP contribution is 1.98. The van der Waals surface area contributed by atoms with Crippen molar-refractivity contribution < 1.29 is 19.4 Å². The van der Waals surface area contributed by atoms with Gasteiger partial charge in [-0.15, -0.1) is 0 Å². The first kappa shape index (κ1) is 15.2. The summed E-state index contributed by atoms with van der Waals surface area (Å²) in [5.74, 6) is -1.02. The predicted molar refractivity (Wildman–Crippen MR) is 54.0 cm³/mol. The van der Waals surface area contributed by atoms with Crippen molar-refractivity contribution in [3.63, 3.8) is 0 Å². The van der Waals surface area contributed by atoms with Crippen molar-refractivity contribution in [3.05, 3.63) is 12.2 Å². The fourth-order valence-corrected chi connectivity index (χ4v) is 0.377. The second-order valence-corrected chi connectivity index (χ2v) is 2.42. The lowest BCUT2D eigenvalue weighted by atomic mass is 10.2. The number of carboxylic acid groups (broad SMARTS) is 1. The summed E-state index contributed by atoms with van der Waals surface area (Å²) in [5, 5.41) is 7.72. The highest BCUT2D eigenvalue weighted by Gasteiger charge is 2.02. The molecule has 0 fully saturated rings. The summed E-state index contributed by atoms with van der Waals surface area (Å²) in [5.41, 5.74) is 0.539. The molecule has 4 heteroatoms. The third kappa shape index (κ3) is 10.7. The van der Waals surface area contributed by atoms with Crippen molar-refractivity contribution in [2.45, 2.75) is 33.6 Å². The molecule has 0 aromatic heterocycles. The molecule has 0 heterocycles. The average Bonchev–Trinajstić information content (AvgIpc) is 2.17. The van der Waals surface area contributed by atoms with Gasteiger partial charge in [-0.1, -0.05) is 20.4 Å². The average molecular weight is 202 g/mol. The second kappa shape index (κ2) is 9.77. The van der Waals surface area contributed by atoms with Gasteiger partial charge in [0.15, 0.2) is 0 Å². The Morgan fingerprint density at radius 1 is 1.21 bits per heavy atom. The Morgan fingerprint density at radius 3 is 1.86 bits per heavy atom. The quantitative estimate of drug-likeness (QED) is 0.559. The number of aliphatic carboxylic acids is 1. The van der Waals surface area contributed by atoms with E-state index in [2.05, 4.69) is 11.3 Å². The molecule has 1 N–H and O–H groups in total. The van der Waals surface area contributed by atoms with Gasteiger partial charge < -0.3 is 9.84 Å². The standard InChI is InChI=1S/C7H12O2.C3H6O2/c1-4-6(3)7(8)9-5-2;1-2-3(4)5/h3-5H2,1-2H3;2H2,1H3,(H,4,5). The molecular formula is C10H18O4. The summed E-state index contributed by atoms with van der Waals surface area (Å²) in [6.45, 7) is 9.20. The smallest absolute Gasteiger partial charge is 0.333 e. The van der Waals surface area contributed by atoms with Gasteiger partial charge in [-0.2, -0.15) is 0 Å². The number of hydrogen-bond donors (Lipinski definition) is 1. The molecule has 0 rings (SSSR count). The van der Waals surface area contributed by atoms with E-state index in [4.69, 9.17) is 5.11 Å². The minimum absolute atomic E-state index is 0.222. The maximum atomic E-state index is 10.7. The Morgan fingerprint density at radius 2 is 1.64 bits per heavy atom. The number of ether oxygens (including phenoxy) is 1. The molecule has 0 bridgehead atoms. The highest BCUT2D eigenvalue weighted by atomic mass is 16.5. The van der Waals surface area contributed by atoms with Crippen LogP contribution >= 0.6 is 0 Å². The Balaban J connectivity index is 0. The SMILES string of the molecule is C=C(CC)C(=O)OCC.CCC(=O)O. The first-order chi connectivity index (χ1) is 6.49. The van der Waals surface area contributed by atoms with Gasteiger partial charge in [0.1, 0.15) is 0 Å². The van der Waals surface area contributed by atoms with E-state index >= 15 is 0 Å². The van der Waals surface area contributed by atoms with Crippen molar-refractivity contribution in [1.82, 2.24) is 0 Å². The van der Waals surface area contributed by atoms with E-state index < -0.39 is 5.97 Å². The Bertz CT molecular complexity index is 196. The molecule has 0 spiro atoms. The minimum Gasteiger partial charge on any atom is -0.481 e.